The molecule has 0 rings (SSSR count). The van der Waals surface area contributed by atoms with Crippen LogP contribution in [0.3, 0.4) is 0 Å². The molecule has 1 radical (unpaired) electrons. The molecule has 0 aliphatic carbocycles. The molecule has 0 fully saturated rings. The first kappa shape index (κ1) is 18.7. The monoisotopic (exact) mass is 363 g/mol. The van der Waals surface area contributed by atoms with Gasteiger partial charge in [0.2, 0.25) is 0 Å². The van der Waals surface area contributed by atoms with Crippen molar-refractivity contribution in [1.29, 1.82) is 0 Å². The van der Waals surface area contributed by atoms with Gasteiger partial charge in [0.1, 0.15) is 0 Å². The zero-order chi connectivity index (χ0) is 13.8. The quantitative estimate of drug-likeness (QED) is 0.490. The summed E-state index contributed by atoms with van der Waals surface area (Å²) in [4.78, 5) is 7.74. The van der Waals surface area contributed by atoms with E-state index in [2.05, 4.69) is 42.4 Å². The van der Waals surface area contributed by atoms with E-state index < -0.39 is 19.8 Å². The van der Waals surface area contributed by atoms with E-state index in [0.29, 0.717) is 0 Å². The Hall–Kier alpha value is 0.719. The zero-order valence-corrected chi connectivity index (χ0v) is 16.3. The Labute approximate surface area is 123 Å². The van der Waals surface area contributed by atoms with Gasteiger partial charge in [-0.1, -0.05) is 0 Å². The molecular weight excluding hydrogens is 327 g/mol. The molecule has 0 aromatic rings. The second-order valence-electron chi connectivity index (χ2n) is 5.22. The van der Waals surface area contributed by atoms with E-state index in [-0.39, 0.29) is 0 Å². The van der Waals surface area contributed by atoms with Crippen LogP contribution in [0.1, 0.15) is 40.5 Å². The Morgan fingerprint density at radius 3 is 1.28 bits per heavy atom. The van der Waals surface area contributed by atoms with E-state index in [0.717, 1.165) is 0 Å². The summed E-state index contributed by atoms with van der Waals surface area (Å²) in [5, 5.41) is 0. The van der Waals surface area contributed by atoms with Gasteiger partial charge in [0, 0.05) is 0 Å². The van der Waals surface area contributed by atoms with Gasteiger partial charge in [-0.05, 0) is 0 Å². The van der Waals surface area contributed by atoms with Gasteiger partial charge < -0.3 is 0 Å². The van der Waals surface area contributed by atoms with Gasteiger partial charge in [-0.15, -0.1) is 0 Å². The fraction of sp³-hybridized carbons (Fsp3) is 1.00. The van der Waals surface area contributed by atoms with E-state index in [9.17, 15) is 0 Å². The Balaban J connectivity index is 3.50. The SMILES string of the molecule is CCN(CC)CC[CH2][Sn]([CH3])[CH2]CCN(CC)CC. The normalized spacial score (nSPS) is 12.0. The second kappa shape index (κ2) is 12.7. The predicted octanol–water partition coefficient (Wildman–Crippen LogP) is 3.57. The summed E-state index contributed by atoms with van der Waals surface area (Å²) in [6.07, 6.45) is 2.91. The Kier molecular flexibility index (Phi) is 13.2. The molecule has 0 unspecified atom stereocenters. The van der Waals surface area contributed by atoms with Crippen molar-refractivity contribution >= 4 is 19.8 Å². The number of nitrogens with zero attached hydrogens (tertiary/aromatic N) is 2. The maximum atomic E-state index is 2.62. The first-order valence-corrected chi connectivity index (χ1v) is 14.8. The van der Waals surface area contributed by atoms with Crippen molar-refractivity contribution in [2.75, 3.05) is 39.3 Å². The van der Waals surface area contributed by atoms with Crippen LogP contribution in [0.4, 0.5) is 0 Å². The minimum absolute atomic E-state index is 0.965. The molecule has 109 valence electrons. The molecule has 0 aliphatic rings. The molecular formula is C15H35N2Sn. The molecule has 0 N–H and O–H groups in total. The fourth-order valence-electron chi connectivity index (χ4n) is 2.41. The van der Waals surface area contributed by atoms with E-state index in [1.807, 2.05) is 0 Å². The third-order valence-corrected chi connectivity index (χ3v) is 10.8. The summed E-state index contributed by atoms with van der Waals surface area (Å²) in [5.41, 5.74) is 0. The third-order valence-electron chi connectivity index (χ3n) is 3.94. The molecule has 18 heavy (non-hydrogen) atoms. The van der Waals surface area contributed by atoms with Crippen LogP contribution in [0.5, 0.6) is 0 Å². The first-order chi connectivity index (χ1) is 8.67. The summed E-state index contributed by atoms with van der Waals surface area (Å²) >= 11 is -0.965. The summed E-state index contributed by atoms with van der Waals surface area (Å²) < 4.78 is 3.19. The van der Waals surface area contributed by atoms with Crippen LogP contribution in [0.2, 0.25) is 13.8 Å². The van der Waals surface area contributed by atoms with Crippen molar-refractivity contribution in [1.82, 2.24) is 9.80 Å². The molecule has 0 bridgehead atoms. The van der Waals surface area contributed by atoms with Crippen molar-refractivity contribution in [3.05, 3.63) is 0 Å². The van der Waals surface area contributed by atoms with Crippen LogP contribution in [0, 0.1) is 0 Å². The van der Waals surface area contributed by atoms with Crippen molar-refractivity contribution in [3.8, 4) is 0 Å². The standard InChI is InChI=1S/2C7H16N.CH3.Sn/c2*1-4-7-8(5-2)6-3;;/h2*1,4-7H2,2-3H3;1H3;. The average Bonchev–Trinajstić information content (AvgIpc) is 2.40. The van der Waals surface area contributed by atoms with E-state index in [4.69, 9.17) is 0 Å². The second-order valence-corrected chi connectivity index (χ2v) is 13.5. The number of hydrogen-bond acceptors (Lipinski definition) is 2. The van der Waals surface area contributed by atoms with Crippen LogP contribution in [0.15, 0.2) is 0 Å². The fourth-order valence-corrected chi connectivity index (χ4v) is 7.47. The van der Waals surface area contributed by atoms with E-state index in [1.165, 1.54) is 52.1 Å². The molecule has 0 aromatic carbocycles. The summed E-state index contributed by atoms with van der Waals surface area (Å²) in [6.45, 7) is 16.7. The van der Waals surface area contributed by atoms with Crippen molar-refractivity contribution in [3.63, 3.8) is 0 Å². The molecule has 0 saturated carbocycles. The molecule has 0 aliphatic heterocycles. The Morgan fingerprint density at radius 2 is 1.00 bits per heavy atom. The van der Waals surface area contributed by atoms with Gasteiger partial charge >= 0.3 is 123 Å². The Bertz CT molecular complexity index is 150. The number of hydrogen-bond donors (Lipinski definition) is 0. The van der Waals surface area contributed by atoms with Gasteiger partial charge in [0.05, 0.1) is 0 Å². The summed E-state index contributed by atoms with van der Waals surface area (Å²) in [7, 11) is 0. The van der Waals surface area contributed by atoms with E-state index in [1.54, 1.807) is 8.87 Å². The average molecular weight is 362 g/mol. The maximum absolute atomic E-state index is 2.62. The molecule has 0 heterocycles. The van der Waals surface area contributed by atoms with Crippen molar-refractivity contribution in [2.24, 2.45) is 0 Å². The van der Waals surface area contributed by atoms with E-state index >= 15 is 0 Å². The summed E-state index contributed by atoms with van der Waals surface area (Å²) in [6, 6.07) is 0. The zero-order valence-electron chi connectivity index (χ0n) is 13.5. The molecule has 0 spiro atoms. The van der Waals surface area contributed by atoms with Gasteiger partial charge in [-0.25, -0.2) is 0 Å². The van der Waals surface area contributed by atoms with Crippen LogP contribution in [-0.2, 0) is 0 Å². The molecule has 0 atom stereocenters. The molecule has 0 amide bonds. The Morgan fingerprint density at radius 1 is 0.667 bits per heavy atom. The molecule has 0 aromatic heterocycles. The van der Waals surface area contributed by atoms with Crippen molar-refractivity contribution < 1.29 is 0 Å². The topological polar surface area (TPSA) is 6.48 Å². The first-order valence-electron chi connectivity index (χ1n) is 7.93. The van der Waals surface area contributed by atoms with Gasteiger partial charge in [-0.2, -0.15) is 0 Å². The van der Waals surface area contributed by atoms with Crippen LogP contribution in [-0.4, -0.2) is 68.8 Å². The summed E-state index contributed by atoms with van der Waals surface area (Å²) in [5.74, 6) is 0. The van der Waals surface area contributed by atoms with Gasteiger partial charge in [0.25, 0.3) is 0 Å². The van der Waals surface area contributed by atoms with Gasteiger partial charge in [0.15, 0.2) is 0 Å². The minimum atomic E-state index is -0.965. The molecule has 0 saturated heterocycles. The number of rotatable bonds is 12. The third kappa shape index (κ3) is 9.62. The van der Waals surface area contributed by atoms with Crippen LogP contribution < -0.4 is 0 Å². The van der Waals surface area contributed by atoms with Crippen LogP contribution >= 0.6 is 0 Å². The molecule has 3 heteroatoms. The van der Waals surface area contributed by atoms with Crippen molar-refractivity contribution in [2.45, 2.75) is 54.3 Å². The van der Waals surface area contributed by atoms with Gasteiger partial charge in [-0.3, -0.25) is 0 Å². The van der Waals surface area contributed by atoms with Crippen LogP contribution in [0.25, 0.3) is 0 Å². The molecule has 2 nitrogen and oxygen atoms in total. The predicted molar refractivity (Wildman–Crippen MR) is 86.0 cm³/mol.